The molecule has 0 aromatic heterocycles. The third-order valence-corrected chi connectivity index (χ3v) is 2.80. The second-order valence-corrected chi connectivity index (χ2v) is 4.16. The number of nitrogens with zero attached hydrogens (tertiary/aromatic N) is 1. The fourth-order valence-corrected chi connectivity index (χ4v) is 1.82. The van der Waals surface area contributed by atoms with Gasteiger partial charge in [-0.25, -0.2) is 4.39 Å². The lowest BCUT2D eigenvalue weighted by Crippen LogP contribution is -2.20. The Morgan fingerprint density at radius 1 is 1.53 bits per heavy atom. The molecule has 0 heterocycles. The van der Waals surface area contributed by atoms with E-state index in [1.54, 1.807) is 12.1 Å². The molecule has 0 radical (unpaired) electrons. The Balaban J connectivity index is 2.89. The molecule has 2 nitrogen and oxygen atoms in total. The number of hydrogen-bond acceptors (Lipinski definition) is 2. The molecule has 17 heavy (non-hydrogen) atoms. The highest BCUT2D eigenvalue weighted by molar-refractivity contribution is 5.49. The zero-order valence-corrected chi connectivity index (χ0v) is 10.8. The highest BCUT2D eigenvalue weighted by atomic mass is 19.1. The highest BCUT2D eigenvalue weighted by Crippen LogP contribution is 2.22. The maximum atomic E-state index is 13.9. The van der Waals surface area contributed by atoms with E-state index >= 15 is 0 Å². The number of hydrogen-bond donors (Lipinski definition) is 1. The van der Waals surface area contributed by atoms with Gasteiger partial charge in [0.05, 0.1) is 5.69 Å². The molecule has 1 aromatic carbocycles. The Hall–Kier alpha value is -1.35. The third-order valence-electron chi connectivity index (χ3n) is 2.80. The summed E-state index contributed by atoms with van der Waals surface area (Å²) in [7, 11) is 1.85. The van der Waals surface area contributed by atoms with E-state index in [2.05, 4.69) is 11.9 Å². The molecular formula is C14H21FN2. The van der Waals surface area contributed by atoms with Crippen LogP contribution in [0.3, 0.4) is 0 Å². The van der Waals surface area contributed by atoms with Crippen LogP contribution in [0, 0.1) is 5.82 Å². The minimum Gasteiger partial charge on any atom is -0.369 e. The van der Waals surface area contributed by atoms with Gasteiger partial charge in [0, 0.05) is 19.6 Å². The van der Waals surface area contributed by atoms with E-state index in [4.69, 9.17) is 0 Å². The van der Waals surface area contributed by atoms with Crippen LogP contribution in [0.4, 0.5) is 10.1 Å². The van der Waals surface area contributed by atoms with Crippen LogP contribution < -0.4 is 10.2 Å². The number of benzene rings is 1. The van der Waals surface area contributed by atoms with Crippen LogP contribution in [-0.4, -0.2) is 20.1 Å². The van der Waals surface area contributed by atoms with Gasteiger partial charge in [0.2, 0.25) is 0 Å². The van der Waals surface area contributed by atoms with Crippen molar-refractivity contribution in [1.29, 1.82) is 0 Å². The van der Waals surface area contributed by atoms with Crippen molar-refractivity contribution < 1.29 is 4.39 Å². The summed E-state index contributed by atoms with van der Waals surface area (Å²) < 4.78 is 13.9. The summed E-state index contributed by atoms with van der Waals surface area (Å²) in [5.41, 5.74) is 1.58. The first-order valence-electron chi connectivity index (χ1n) is 5.95. The molecule has 94 valence electrons. The predicted molar refractivity (Wildman–Crippen MR) is 72.0 cm³/mol. The Morgan fingerprint density at radius 3 is 2.76 bits per heavy atom. The number of rotatable bonds is 6. The van der Waals surface area contributed by atoms with Crippen molar-refractivity contribution in [1.82, 2.24) is 5.32 Å². The zero-order chi connectivity index (χ0) is 12.8. The standard InChI is InChI=1S/C14H21FN2/c1-5-9-17(4)14-8-7-12(10-13(14)15)11(3)16-6-2/h5,7-8,10-11,16H,1,6,9H2,2-4H3. The van der Waals surface area contributed by atoms with Gasteiger partial charge in [-0.2, -0.15) is 0 Å². The molecular weight excluding hydrogens is 215 g/mol. The Bertz CT molecular complexity index is 376. The number of anilines is 1. The summed E-state index contributed by atoms with van der Waals surface area (Å²) in [5.74, 6) is -0.184. The van der Waals surface area contributed by atoms with Gasteiger partial charge < -0.3 is 10.2 Å². The van der Waals surface area contributed by atoms with Crippen LogP contribution in [0.5, 0.6) is 0 Å². The molecule has 0 saturated carbocycles. The summed E-state index contributed by atoms with van der Waals surface area (Å²) >= 11 is 0. The SMILES string of the molecule is C=CCN(C)c1ccc(C(C)NCC)cc1F. The van der Waals surface area contributed by atoms with Gasteiger partial charge in [0.15, 0.2) is 0 Å². The van der Waals surface area contributed by atoms with Gasteiger partial charge in [-0.3, -0.25) is 0 Å². The van der Waals surface area contributed by atoms with Crippen LogP contribution in [0.25, 0.3) is 0 Å². The first kappa shape index (κ1) is 13.7. The predicted octanol–water partition coefficient (Wildman–Crippen LogP) is 3.12. The molecule has 0 aliphatic carbocycles. The molecule has 0 spiro atoms. The minimum absolute atomic E-state index is 0.174. The quantitative estimate of drug-likeness (QED) is 0.763. The smallest absolute Gasteiger partial charge is 0.146 e. The van der Waals surface area contributed by atoms with Crippen LogP contribution in [0.2, 0.25) is 0 Å². The molecule has 0 aliphatic heterocycles. The molecule has 1 rings (SSSR count). The molecule has 0 bridgehead atoms. The Morgan fingerprint density at radius 2 is 2.24 bits per heavy atom. The summed E-state index contributed by atoms with van der Waals surface area (Å²) in [6.45, 7) is 9.24. The second-order valence-electron chi connectivity index (χ2n) is 4.16. The first-order valence-corrected chi connectivity index (χ1v) is 5.95. The maximum absolute atomic E-state index is 13.9. The van der Waals surface area contributed by atoms with Gasteiger partial charge >= 0.3 is 0 Å². The molecule has 1 atom stereocenters. The second kappa shape index (κ2) is 6.40. The summed E-state index contributed by atoms with van der Waals surface area (Å²) in [5, 5.41) is 3.27. The molecule has 0 amide bonds. The van der Waals surface area contributed by atoms with Crippen molar-refractivity contribution in [3.05, 3.63) is 42.2 Å². The zero-order valence-electron chi connectivity index (χ0n) is 10.8. The van der Waals surface area contributed by atoms with Crippen molar-refractivity contribution >= 4 is 5.69 Å². The van der Waals surface area contributed by atoms with Crippen LogP contribution in [0.15, 0.2) is 30.9 Å². The van der Waals surface area contributed by atoms with Crippen molar-refractivity contribution in [3.8, 4) is 0 Å². The first-order chi connectivity index (χ1) is 8.10. The number of likely N-dealkylation sites (N-methyl/N-ethyl adjacent to an activating group) is 1. The van der Waals surface area contributed by atoms with E-state index in [1.807, 2.05) is 37.9 Å². The van der Waals surface area contributed by atoms with Crippen molar-refractivity contribution in [2.45, 2.75) is 19.9 Å². The van der Waals surface area contributed by atoms with E-state index in [-0.39, 0.29) is 11.9 Å². The monoisotopic (exact) mass is 236 g/mol. The number of halogens is 1. The molecule has 3 heteroatoms. The van der Waals surface area contributed by atoms with Gasteiger partial charge in [-0.05, 0) is 31.2 Å². The molecule has 0 saturated heterocycles. The molecule has 0 aliphatic rings. The lowest BCUT2D eigenvalue weighted by atomic mass is 10.1. The topological polar surface area (TPSA) is 15.3 Å². The summed E-state index contributed by atoms with van der Waals surface area (Å²) in [4.78, 5) is 1.84. The fraction of sp³-hybridized carbons (Fsp3) is 0.429. The van der Waals surface area contributed by atoms with Gasteiger partial charge in [-0.1, -0.05) is 19.1 Å². The third kappa shape index (κ3) is 3.56. The highest BCUT2D eigenvalue weighted by Gasteiger charge is 2.10. The average Bonchev–Trinajstić information content (AvgIpc) is 2.29. The normalized spacial score (nSPS) is 12.2. The van der Waals surface area contributed by atoms with E-state index in [1.165, 1.54) is 0 Å². The van der Waals surface area contributed by atoms with Crippen LogP contribution in [0.1, 0.15) is 25.5 Å². The number of nitrogens with one attached hydrogen (secondary N) is 1. The van der Waals surface area contributed by atoms with E-state index in [9.17, 15) is 4.39 Å². The van der Waals surface area contributed by atoms with Crippen LogP contribution >= 0.6 is 0 Å². The van der Waals surface area contributed by atoms with E-state index < -0.39 is 0 Å². The largest absolute Gasteiger partial charge is 0.369 e. The average molecular weight is 236 g/mol. The molecule has 1 N–H and O–H groups in total. The van der Waals surface area contributed by atoms with Gasteiger partial charge in [0.1, 0.15) is 5.82 Å². The van der Waals surface area contributed by atoms with Crippen molar-refractivity contribution in [2.24, 2.45) is 0 Å². The van der Waals surface area contributed by atoms with E-state index in [0.29, 0.717) is 12.2 Å². The van der Waals surface area contributed by atoms with Crippen molar-refractivity contribution in [2.75, 3.05) is 25.0 Å². The lowest BCUT2D eigenvalue weighted by molar-refractivity contribution is 0.582. The van der Waals surface area contributed by atoms with E-state index in [0.717, 1.165) is 12.1 Å². The lowest BCUT2D eigenvalue weighted by Gasteiger charge is -2.20. The summed E-state index contributed by atoms with van der Waals surface area (Å²) in [6.07, 6.45) is 1.76. The van der Waals surface area contributed by atoms with Crippen LogP contribution in [-0.2, 0) is 0 Å². The maximum Gasteiger partial charge on any atom is 0.146 e. The minimum atomic E-state index is -0.184. The molecule has 1 unspecified atom stereocenters. The summed E-state index contributed by atoms with van der Waals surface area (Å²) in [6, 6.07) is 5.56. The Kier molecular flexibility index (Phi) is 5.16. The van der Waals surface area contributed by atoms with Crippen molar-refractivity contribution in [3.63, 3.8) is 0 Å². The molecule has 1 aromatic rings. The van der Waals surface area contributed by atoms with Gasteiger partial charge in [-0.15, -0.1) is 6.58 Å². The molecule has 0 fully saturated rings. The van der Waals surface area contributed by atoms with Gasteiger partial charge in [0.25, 0.3) is 0 Å². The fourth-order valence-electron chi connectivity index (χ4n) is 1.82. The Labute approximate surface area is 103 Å².